The Labute approximate surface area is 146 Å². The van der Waals surface area contributed by atoms with Gasteiger partial charge < -0.3 is 5.32 Å². The van der Waals surface area contributed by atoms with Gasteiger partial charge in [-0.05, 0) is 59.0 Å². The predicted molar refractivity (Wildman–Crippen MR) is 100 cm³/mol. The van der Waals surface area contributed by atoms with Crippen molar-refractivity contribution in [3.05, 3.63) is 64.4 Å². The maximum atomic E-state index is 12.1. The normalized spacial score (nSPS) is 10.6. The highest BCUT2D eigenvalue weighted by Crippen LogP contribution is 2.26. The van der Waals surface area contributed by atoms with Crippen LogP contribution < -0.4 is 5.32 Å². The zero-order chi connectivity index (χ0) is 15.4. The first-order valence-electron chi connectivity index (χ1n) is 6.74. The van der Waals surface area contributed by atoms with Crippen LogP contribution in [-0.4, -0.2) is 16.6 Å². The van der Waals surface area contributed by atoms with Crippen molar-refractivity contribution in [3.63, 3.8) is 0 Å². The van der Waals surface area contributed by atoms with Crippen molar-refractivity contribution in [2.75, 3.05) is 11.1 Å². The molecule has 5 heteroatoms. The lowest BCUT2D eigenvalue weighted by Gasteiger charge is -2.07. The molecule has 0 aliphatic carbocycles. The monoisotopic (exact) mass is 420 g/mol. The van der Waals surface area contributed by atoms with Crippen LogP contribution in [0.3, 0.4) is 0 Å². The van der Waals surface area contributed by atoms with Crippen molar-refractivity contribution in [1.82, 2.24) is 4.98 Å². The van der Waals surface area contributed by atoms with E-state index in [9.17, 15) is 4.79 Å². The largest absolute Gasteiger partial charge is 0.325 e. The van der Waals surface area contributed by atoms with Gasteiger partial charge in [-0.15, -0.1) is 11.8 Å². The molecule has 0 radical (unpaired) electrons. The van der Waals surface area contributed by atoms with E-state index in [1.54, 1.807) is 6.20 Å². The van der Waals surface area contributed by atoms with Crippen molar-refractivity contribution in [2.24, 2.45) is 0 Å². The molecular weight excluding hydrogens is 407 g/mol. The molecular formula is C17H13IN2OS. The van der Waals surface area contributed by atoms with Crippen molar-refractivity contribution >= 4 is 56.9 Å². The summed E-state index contributed by atoms with van der Waals surface area (Å²) in [5.74, 6) is 0.368. The molecule has 3 aromatic rings. The molecule has 0 saturated carbocycles. The molecule has 0 spiro atoms. The number of nitrogens with zero attached hydrogens (tertiary/aromatic N) is 1. The SMILES string of the molecule is O=C(CSc1ccnc2ccccc12)Nc1ccc(I)cc1. The van der Waals surface area contributed by atoms with Crippen LogP contribution in [0.25, 0.3) is 10.9 Å². The fourth-order valence-electron chi connectivity index (χ4n) is 2.07. The Kier molecular flexibility index (Phi) is 4.94. The summed E-state index contributed by atoms with van der Waals surface area (Å²) in [5.41, 5.74) is 1.77. The predicted octanol–water partition coefficient (Wildman–Crippen LogP) is 4.57. The third-order valence-corrected chi connectivity index (χ3v) is 4.89. The number of fused-ring (bicyclic) bond motifs is 1. The van der Waals surface area contributed by atoms with Gasteiger partial charge in [0.2, 0.25) is 5.91 Å². The molecule has 1 heterocycles. The molecule has 1 aromatic heterocycles. The van der Waals surface area contributed by atoms with Gasteiger partial charge >= 0.3 is 0 Å². The van der Waals surface area contributed by atoms with Crippen LogP contribution in [0.15, 0.2) is 65.7 Å². The molecule has 0 bridgehead atoms. The zero-order valence-electron chi connectivity index (χ0n) is 11.6. The molecule has 2 aromatic carbocycles. The van der Waals surface area contributed by atoms with Crippen LogP contribution in [0.2, 0.25) is 0 Å². The van der Waals surface area contributed by atoms with Gasteiger partial charge in [0, 0.05) is 25.7 Å². The third-order valence-electron chi connectivity index (χ3n) is 3.10. The fraction of sp³-hybridized carbons (Fsp3) is 0.0588. The summed E-state index contributed by atoms with van der Waals surface area (Å²) in [5, 5.41) is 3.99. The first kappa shape index (κ1) is 15.3. The fourth-order valence-corrected chi connectivity index (χ4v) is 3.27. The van der Waals surface area contributed by atoms with Crippen LogP contribution in [0.1, 0.15) is 0 Å². The van der Waals surface area contributed by atoms with Gasteiger partial charge in [-0.2, -0.15) is 0 Å². The third kappa shape index (κ3) is 3.78. The molecule has 0 saturated heterocycles. The summed E-state index contributed by atoms with van der Waals surface area (Å²) < 4.78 is 1.15. The van der Waals surface area contributed by atoms with E-state index in [4.69, 9.17) is 0 Å². The number of benzene rings is 2. The van der Waals surface area contributed by atoms with Crippen molar-refractivity contribution < 1.29 is 4.79 Å². The van der Waals surface area contributed by atoms with E-state index >= 15 is 0 Å². The van der Waals surface area contributed by atoms with E-state index < -0.39 is 0 Å². The molecule has 110 valence electrons. The van der Waals surface area contributed by atoms with E-state index in [1.165, 1.54) is 11.8 Å². The summed E-state index contributed by atoms with van der Waals surface area (Å²) in [6, 6.07) is 17.7. The van der Waals surface area contributed by atoms with Gasteiger partial charge in [0.05, 0.1) is 11.3 Å². The van der Waals surface area contributed by atoms with Gasteiger partial charge in [0.25, 0.3) is 0 Å². The summed E-state index contributed by atoms with van der Waals surface area (Å²) in [6.45, 7) is 0. The highest BCUT2D eigenvalue weighted by Gasteiger charge is 2.06. The summed E-state index contributed by atoms with van der Waals surface area (Å²) in [4.78, 5) is 17.5. The second-order valence-corrected chi connectivity index (χ2v) is 6.93. The molecule has 22 heavy (non-hydrogen) atoms. The molecule has 0 fully saturated rings. The Morgan fingerprint density at radius 1 is 1.09 bits per heavy atom. The van der Waals surface area contributed by atoms with Gasteiger partial charge in [-0.3, -0.25) is 9.78 Å². The Morgan fingerprint density at radius 3 is 2.68 bits per heavy atom. The number of pyridine rings is 1. The highest BCUT2D eigenvalue weighted by molar-refractivity contribution is 14.1. The van der Waals surface area contributed by atoms with Crippen molar-refractivity contribution in [2.45, 2.75) is 4.90 Å². The maximum absolute atomic E-state index is 12.1. The van der Waals surface area contributed by atoms with Crippen molar-refractivity contribution in [3.8, 4) is 0 Å². The first-order chi connectivity index (χ1) is 10.7. The van der Waals surface area contributed by atoms with Crippen LogP contribution in [0.4, 0.5) is 5.69 Å². The van der Waals surface area contributed by atoms with E-state index in [0.29, 0.717) is 5.75 Å². The van der Waals surface area contributed by atoms with E-state index in [2.05, 4.69) is 32.9 Å². The number of amides is 1. The van der Waals surface area contributed by atoms with Crippen LogP contribution in [0, 0.1) is 3.57 Å². The molecule has 0 aliphatic heterocycles. The lowest BCUT2D eigenvalue weighted by molar-refractivity contribution is -0.113. The minimum atomic E-state index is -0.00731. The lowest BCUT2D eigenvalue weighted by Crippen LogP contribution is -2.13. The first-order valence-corrected chi connectivity index (χ1v) is 8.81. The van der Waals surface area contributed by atoms with E-state index in [0.717, 1.165) is 25.1 Å². The molecule has 0 unspecified atom stereocenters. The number of carbonyl (C=O) groups excluding carboxylic acids is 1. The smallest absolute Gasteiger partial charge is 0.234 e. The average Bonchev–Trinajstić information content (AvgIpc) is 2.55. The zero-order valence-corrected chi connectivity index (χ0v) is 14.6. The number of carbonyl (C=O) groups is 1. The molecule has 1 N–H and O–H groups in total. The average molecular weight is 420 g/mol. The Bertz CT molecular complexity index is 800. The number of rotatable bonds is 4. The van der Waals surface area contributed by atoms with Gasteiger partial charge in [-0.1, -0.05) is 18.2 Å². The molecule has 1 amide bonds. The summed E-state index contributed by atoms with van der Waals surface area (Å²) in [7, 11) is 0. The summed E-state index contributed by atoms with van der Waals surface area (Å²) >= 11 is 3.77. The second kappa shape index (κ2) is 7.11. The van der Waals surface area contributed by atoms with Crippen LogP contribution in [-0.2, 0) is 4.79 Å². The minimum Gasteiger partial charge on any atom is -0.325 e. The lowest BCUT2D eigenvalue weighted by atomic mass is 10.2. The Balaban J connectivity index is 1.66. The maximum Gasteiger partial charge on any atom is 0.234 e. The Morgan fingerprint density at radius 2 is 1.86 bits per heavy atom. The second-order valence-electron chi connectivity index (χ2n) is 4.67. The number of thioether (sulfide) groups is 1. The van der Waals surface area contributed by atoms with Gasteiger partial charge in [0.15, 0.2) is 0 Å². The van der Waals surface area contributed by atoms with Crippen molar-refractivity contribution in [1.29, 1.82) is 0 Å². The molecule has 0 atom stereocenters. The van der Waals surface area contributed by atoms with Gasteiger partial charge in [-0.25, -0.2) is 0 Å². The number of hydrogen-bond acceptors (Lipinski definition) is 3. The standard InChI is InChI=1S/C17H13IN2OS/c18-12-5-7-13(8-6-12)20-17(21)11-22-16-9-10-19-15-4-2-1-3-14(15)16/h1-10H,11H2,(H,20,21). The van der Waals surface area contributed by atoms with E-state index in [-0.39, 0.29) is 5.91 Å². The number of halogens is 1. The van der Waals surface area contributed by atoms with Crippen LogP contribution >= 0.6 is 34.4 Å². The highest BCUT2D eigenvalue weighted by atomic mass is 127. The minimum absolute atomic E-state index is 0.00731. The molecule has 3 rings (SSSR count). The quantitative estimate of drug-likeness (QED) is 0.497. The van der Waals surface area contributed by atoms with E-state index in [1.807, 2.05) is 54.6 Å². The molecule has 0 aliphatic rings. The summed E-state index contributed by atoms with van der Waals surface area (Å²) in [6.07, 6.45) is 1.78. The number of nitrogens with one attached hydrogen (secondary N) is 1. The number of aromatic nitrogens is 1. The number of para-hydroxylation sites is 1. The number of anilines is 1. The molecule has 3 nitrogen and oxygen atoms in total. The Hall–Kier alpha value is -1.60. The van der Waals surface area contributed by atoms with Crippen LogP contribution in [0.5, 0.6) is 0 Å². The topological polar surface area (TPSA) is 42.0 Å². The van der Waals surface area contributed by atoms with Gasteiger partial charge in [0.1, 0.15) is 0 Å². The number of hydrogen-bond donors (Lipinski definition) is 1.